The molecule has 4 nitrogen and oxygen atoms in total. The average Bonchev–Trinajstić information content (AvgIpc) is 2.35. The van der Waals surface area contributed by atoms with Crippen LogP contribution < -0.4 is 10.6 Å². The maximum absolute atomic E-state index is 11.9. The molecular weight excluding hydrogens is 252 g/mol. The Morgan fingerprint density at radius 1 is 1.28 bits per heavy atom. The quantitative estimate of drug-likeness (QED) is 0.741. The van der Waals surface area contributed by atoms with Crippen molar-refractivity contribution in [3.8, 4) is 0 Å². The molecule has 2 N–H and O–H groups in total. The Kier molecular flexibility index (Phi) is 9.28. The van der Waals surface area contributed by atoms with Crippen LogP contribution in [-0.2, 0) is 11.3 Å². The molecule has 0 fully saturated rings. The van der Waals surface area contributed by atoms with E-state index in [-0.39, 0.29) is 18.3 Å². The van der Waals surface area contributed by atoms with Gasteiger partial charge in [0.15, 0.2) is 0 Å². The average molecular weight is 273 g/mol. The van der Waals surface area contributed by atoms with Crippen molar-refractivity contribution in [1.29, 1.82) is 0 Å². The molecule has 102 valence electrons. The minimum absolute atomic E-state index is 0. The Hall–Kier alpha value is -1.10. The van der Waals surface area contributed by atoms with E-state index in [2.05, 4.69) is 10.6 Å². The number of hydrogen-bond acceptors (Lipinski definition) is 3. The highest BCUT2D eigenvalue weighted by Crippen LogP contribution is 2.09. The number of halogens is 1. The molecule has 1 aromatic carbocycles. The number of carbonyl (C=O) groups is 1. The molecule has 0 unspecified atom stereocenters. The van der Waals surface area contributed by atoms with E-state index >= 15 is 0 Å². The van der Waals surface area contributed by atoms with Crippen LogP contribution in [0, 0.1) is 0 Å². The Labute approximate surface area is 115 Å². The molecule has 0 aliphatic heterocycles. The minimum atomic E-state index is -0.0458. The van der Waals surface area contributed by atoms with Crippen LogP contribution in [0.3, 0.4) is 0 Å². The van der Waals surface area contributed by atoms with E-state index in [1.54, 1.807) is 7.11 Å². The molecule has 0 atom stereocenters. The molecule has 0 saturated carbocycles. The van der Waals surface area contributed by atoms with Crippen LogP contribution in [0.4, 0.5) is 0 Å². The van der Waals surface area contributed by atoms with Crippen molar-refractivity contribution in [3.63, 3.8) is 0 Å². The lowest BCUT2D eigenvalue weighted by Crippen LogP contribution is -2.32. The third-order valence-corrected chi connectivity index (χ3v) is 2.40. The number of hydrogen-bond donors (Lipinski definition) is 2. The van der Waals surface area contributed by atoms with Gasteiger partial charge in [-0.25, -0.2) is 0 Å². The Morgan fingerprint density at radius 2 is 2.00 bits per heavy atom. The minimum Gasteiger partial charge on any atom is -0.380 e. The number of methoxy groups -OCH3 is 1. The van der Waals surface area contributed by atoms with Gasteiger partial charge in [-0.15, -0.1) is 12.4 Å². The summed E-state index contributed by atoms with van der Waals surface area (Å²) in [7, 11) is 1.62. The number of likely N-dealkylation sites (N-methyl/N-ethyl adjacent to an activating group) is 1. The molecule has 18 heavy (non-hydrogen) atoms. The number of ether oxygens (including phenoxy) is 1. The number of amides is 1. The zero-order valence-corrected chi connectivity index (χ0v) is 11.7. The largest absolute Gasteiger partial charge is 0.380 e. The predicted octanol–water partition coefficient (Wildman–Crippen LogP) is 1.59. The van der Waals surface area contributed by atoms with Crippen molar-refractivity contribution in [1.82, 2.24) is 10.6 Å². The second kappa shape index (κ2) is 9.88. The zero-order valence-electron chi connectivity index (χ0n) is 10.9. The van der Waals surface area contributed by atoms with E-state index in [4.69, 9.17) is 4.74 Å². The van der Waals surface area contributed by atoms with Gasteiger partial charge in [-0.05, 0) is 18.2 Å². The molecule has 0 spiro atoms. The first-order valence-electron chi connectivity index (χ1n) is 5.85. The fourth-order valence-electron chi connectivity index (χ4n) is 1.56. The Bertz CT molecular complexity index is 359. The molecule has 0 aliphatic rings. The monoisotopic (exact) mass is 272 g/mol. The lowest BCUT2D eigenvalue weighted by molar-refractivity contribution is 0.0949. The van der Waals surface area contributed by atoms with E-state index in [9.17, 15) is 4.79 Å². The van der Waals surface area contributed by atoms with Gasteiger partial charge in [0.25, 0.3) is 5.91 Å². The van der Waals surface area contributed by atoms with Crippen LogP contribution in [0.5, 0.6) is 0 Å². The third kappa shape index (κ3) is 5.49. The van der Waals surface area contributed by atoms with Gasteiger partial charge in [0, 0.05) is 25.8 Å². The summed E-state index contributed by atoms with van der Waals surface area (Å²) in [6.07, 6.45) is 0. The highest BCUT2D eigenvalue weighted by molar-refractivity contribution is 5.95. The first-order chi connectivity index (χ1) is 8.29. The van der Waals surface area contributed by atoms with Crippen molar-refractivity contribution in [2.24, 2.45) is 0 Å². The maximum Gasteiger partial charge on any atom is 0.251 e. The smallest absolute Gasteiger partial charge is 0.251 e. The number of carbonyl (C=O) groups excluding carboxylic acids is 1. The Morgan fingerprint density at radius 3 is 2.67 bits per heavy atom. The summed E-state index contributed by atoms with van der Waals surface area (Å²) < 4.78 is 5.07. The summed E-state index contributed by atoms with van der Waals surface area (Å²) in [5.74, 6) is -0.0458. The van der Waals surface area contributed by atoms with Crippen LogP contribution in [-0.4, -0.2) is 32.7 Å². The van der Waals surface area contributed by atoms with E-state index in [1.807, 2.05) is 31.2 Å². The molecule has 1 amide bonds. The second-order valence-corrected chi connectivity index (χ2v) is 3.70. The Balaban J connectivity index is 0.00000289. The van der Waals surface area contributed by atoms with Gasteiger partial charge in [-0.3, -0.25) is 4.79 Å². The van der Waals surface area contributed by atoms with Crippen molar-refractivity contribution < 1.29 is 9.53 Å². The molecule has 5 heteroatoms. The molecule has 0 radical (unpaired) electrons. The van der Waals surface area contributed by atoms with Crippen molar-refractivity contribution in [2.45, 2.75) is 13.5 Å². The first-order valence-corrected chi connectivity index (χ1v) is 5.85. The normalized spacial score (nSPS) is 9.67. The van der Waals surface area contributed by atoms with Crippen molar-refractivity contribution >= 4 is 18.3 Å². The summed E-state index contributed by atoms with van der Waals surface area (Å²) >= 11 is 0. The van der Waals surface area contributed by atoms with Gasteiger partial charge < -0.3 is 15.4 Å². The lowest BCUT2D eigenvalue weighted by atomic mass is 10.1. The molecule has 1 rings (SSSR count). The van der Waals surface area contributed by atoms with Crippen molar-refractivity contribution in [3.05, 3.63) is 35.4 Å². The van der Waals surface area contributed by atoms with E-state index in [1.165, 1.54) is 0 Å². The predicted molar refractivity (Wildman–Crippen MR) is 75.3 cm³/mol. The van der Waals surface area contributed by atoms with Crippen molar-refractivity contribution in [2.75, 3.05) is 26.7 Å². The SMILES string of the molecule is CCNCCNC(=O)c1ccccc1COC.Cl. The van der Waals surface area contributed by atoms with Gasteiger partial charge in [-0.2, -0.15) is 0 Å². The topological polar surface area (TPSA) is 50.4 Å². The molecule has 1 aromatic rings. The highest BCUT2D eigenvalue weighted by Gasteiger charge is 2.09. The van der Waals surface area contributed by atoms with Gasteiger partial charge >= 0.3 is 0 Å². The summed E-state index contributed by atoms with van der Waals surface area (Å²) in [5.41, 5.74) is 1.60. The van der Waals surface area contributed by atoms with Crippen LogP contribution in [0.2, 0.25) is 0 Å². The summed E-state index contributed by atoms with van der Waals surface area (Å²) in [4.78, 5) is 11.9. The molecule has 0 heterocycles. The fraction of sp³-hybridized carbons (Fsp3) is 0.462. The summed E-state index contributed by atoms with van der Waals surface area (Å²) in [5, 5.41) is 6.03. The van der Waals surface area contributed by atoms with Gasteiger partial charge in [0.05, 0.1) is 6.61 Å². The molecule has 0 aromatic heterocycles. The second-order valence-electron chi connectivity index (χ2n) is 3.70. The summed E-state index contributed by atoms with van der Waals surface area (Å²) in [6, 6.07) is 7.49. The van der Waals surface area contributed by atoms with Crippen LogP contribution in [0.1, 0.15) is 22.8 Å². The standard InChI is InChI=1S/C13H20N2O2.ClH/c1-3-14-8-9-15-13(16)12-7-5-4-6-11(12)10-17-2;/h4-7,14H,3,8-10H2,1-2H3,(H,15,16);1H. The summed E-state index contributed by atoms with van der Waals surface area (Å²) in [6.45, 7) is 4.82. The van der Waals surface area contributed by atoms with Crippen LogP contribution in [0.15, 0.2) is 24.3 Å². The van der Waals surface area contributed by atoms with Crippen LogP contribution in [0.25, 0.3) is 0 Å². The van der Waals surface area contributed by atoms with E-state index in [0.29, 0.717) is 18.7 Å². The van der Waals surface area contributed by atoms with Gasteiger partial charge in [0.2, 0.25) is 0 Å². The van der Waals surface area contributed by atoms with E-state index in [0.717, 1.165) is 18.7 Å². The molecule has 0 bridgehead atoms. The third-order valence-electron chi connectivity index (χ3n) is 2.40. The zero-order chi connectivity index (χ0) is 12.5. The van der Waals surface area contributed by atoms with E-state index < -0.39 is 0 Å². The fourth-order valence-corrected chi connectivity index (χ4v) is 1.56. The van der Waals surface area contributed by atoms with Gasteiger partial charge in [-0.1, -0.05) is 25.1 Å². The highest BCUT2D eigenvalue weighted by atomic mass is 35.5. The first kappa shape index (κ1) is 16.9. The number of nitrogens with one attached hydrogen (secondary N) is 2. The van der Waals surface area contributed by atoms with Crippen LogP contribution >= 0.6 is 12.4 Å². The molecular formula is C13H21ClN2O2. The number of rotatable bonds is 7. The number of benzene rings is 1. The maximum atomic E-state index is 11.9. The molecule has 0 saturated heterocycles. The molecule has 0 aliphatic carbocycles. The lowest BCUT2D eigenvalue weighted by Gasteiger charge is -2.09. The van der Waals surface area contributed by atoms with Gasteiger partial charge in [0.1, 0.15) is 0 Å².